The number of aromatic carboxylic acids is 1. The van der Waals surface area contributed by atoms with Crippen molar-refractivity contribution in [2.45, 2.75) is 19.8 Å². The van der Waals surface area contributed by atoms with Gasteiger partial charge < -0.3 is 15.7 Å². The van der Waals surface area contributed by atoms with Crippen molar-refractivity contribution < 1.29 is 14.7 Å². The Morgan fingerprint density at radius 3 is 2.79 bits per heavy atom. The number of piperidine rings is 1. The second-order valence-corrected chi connectivity index (χ2v) is 4.87. The molecular weight excluding hydrogens is 244 g/mol. The third-order valence-corrected chi connectivity index (χ3v) is 3.40. The zero-order chi connectivity index (χ0) is 13.8. The molecule has 102 valence electrons. The molecular formula is C14H18N2O3. The molecule has 19 heavy (non-hydrogen) atoms. The fraction of sp³-hybridized carbons (Fsp3) is 0.429. The lowest BCUT2D eigenvalue weighted by Crippen LogP contribution is -2.37. The van der Waals surface area contributed by atoms with Crippen LogP contribution >= 0.6 is 0 Å². The Kier molecular flexibility index (Phi) is 4.16. The molecule has 1 aliphatic heterocycles. The maximum absolute atomic E-state index is 12.1. The summed E-state index contributed by atoms with van der Waals surface area (Å²) in [5.41, 5.74) is 1.67. The standard InChI is InChI=1S/C14H18N2O3/c1-9-7-10(14(18)19)4-5-12(9)16-13(17)11-3-2-6-15-8-11/h4-5,7,11,15H,2-3,6,8H2,1H3,(H,16,17)(H,18,19)/t11-/m1/s1. The maximum Gasteiger partial charge on any atom is 0.335 e. The molecule has 1 aliphatic rings. The summed E-state index contributed by atoms with van der Waals surface area (Å²) >= 11 is 0. The molecule has 5 heteroatoms. The van der Waals surface area contributed by atoms with Crippen LogP contribution in [-0.2, 0) is 4.79 Å². The van der Waals surface area contributed by atoms with E-state index in [1.54, 1.807) is 19.1 Å². The molecule has 0 bridgehead atoms. The van der Waals surface area contributed by atoms with Crippen LogP contribution in [0.15, 0.2) is 18.2 Å². The average Bonchev–Trinajstić information content (AvgIpc) is 2.41. The summed E-state index contributed by atoms with van der Waals surface area (Å²) in [7, 11) is 0. The summed E-state index contributed by atoms with van der Waals surface area (Å²) in [6.07, 6.45) is 1.90. The van der Waals surface area contributed by atoms with Gasteiger partial charge in [0.2, 0.25) is 5.91 Å². The average molecular weight is 262 g/mol. The van der Waals surface area contributed by atoms with E-state index < -0.39 is 5.97 Å². The number of carbonyl (C=O) groups is 2. The zero-order valence-electron chi connectivity index (χ0n) is 10.9. The lowest BCUT2D eigenvalue weighted by molar-refractivity contribution is -0.120. The van der Waals surface area contributed by atoms with Crippen molar-refractivity contribution in [3.05, 3.63) is 29.3 Å². The number of carbonyl (C=O) groups excluding carboxylic acids is 1. The number of anilines is 1. The van der Waals surface area contributed by atoms with Crippen molar-refractivity contribution in [3.8, 4) is 0 Å². The molecule has 1 fully saturated rings. The van der Waals surface area contributed by atoms with Crippen LogP contribution in [0.2, 0.25) is 0 Å². The first-order valence-electron chi connectivity index (χ1n) is 6.43. The highest BCUT2D eigenvalue weighted by molar-refractivity contribution is 5.94. The second-order valence-electron chi connectivity index (χ2n) is 4.87. The Morgan fingerprint density at radius 1 is 1.42 bits per heavy atom. The van der Waals surface area contributed by atoms with Crippen molar-refractivity contribution in [1.29, 1.82) is 0 Å². The number of amides is 1. The van der Waals surface area contributed by atoms with Crippen LogP contribution in [0.4, 0.5) is 5.69 Å². The molecule has 1 heterocycles. The first-order chi connectivity index (χ1) is 9.08. The van der Waals surface area contributed by atoms with Gasteiger partial charge in [-0.2, -0.15) is 0 Å². The minimum atomic E-state index is -0.961. The Labute approximate surface area is 112 Å². The van der Waals surface area contributed by atoms with Gasteiger partial charge in [0, 0.05) is 12.2 Å². The van der Waals surface area contributed by atoms with E-state index in [0.29, 0.717) is 12.2 Å². The number of aryl methyl sites for hydroxylation is 1. The van der Waals surface area contributed by atoms with Gasteiger partial charge in [-0.3, -0.25) is 4.79 Å². The molecule has 1 atom stereocenters. The van der Waals surface area contributed by atoms with Gasteiger partial charge in [-0.25, -0.2) is 4.79 Å². The van der Waals surface area contributed by atoms with E-state index in [9.17, 15) is 9.59 Å². The van der Waals surface area contributed by atoms with Gasteiger partial charge in [0.15, 0.2) is 0 Å². The maximum atomic E-state index is 12.1. The third-order valence-electron chi connectivity index (χ3n) is 3.40. The van der Waals surface area contributed by atoms with Crippen molar-refractivity contribution in [1.82, 2.24) is 5.32 Å². The number of nitrogens with one attached hydrogen (secondary N) is 2. The lowest BCUT2D eigenvalue weighted by atomic mass is 9.98. The van der Waals surface area contributed by atoms with Gasteiger partial charge in [0.25, 0.3) is 0 Å². The van der Waals surface area contributed by atoms with Gasteiger partial charge in [-0.05, 0) is 50.1 Å². The van der Waals surface area contributed by atoms with E-state index in [2.05, 4.69) is 10.6 Å². The highest BCUT2D eigenvalue weighted by Crippen LogP contribution is 2.19. The van der Waals surface area contributed by atoms with E-state index in [1.807, 2.05) is 0 Å². The van der Waals surface area contributed by atoms with Crippen LogP contribution < -0.4 is 10.6 Å². The summed E-state index contributed by atoms with van der Waals surface area (Å²) in [4.78, 5) is 22.9. The molecule has 0 aromatic heterocycles. The Hall–Kier alpha value is -1.88. The number of hydrogen-bond acceptors (Lipinski definition) is 3. The predicted molar refractivity (Wildman–Crippen MR) is 72.4 cm³/mol. The number of carboxylic acids is 1. The molecule has 1 saturated heterocycles. The number of rotatable bonds is 3. The van der Waals surface area contributed by atoms with Crippen LogP contribution in [-0.4, -0.2) is 30.1 Å². The molecule has 1 aromatic rings. The number of hydrogen-bond donors (Lipinski definition) is 3. The first kappa shape index (κ1) is 13.5. The van der Waals surface area contributed by atoms with Crippen LogP contribution in [0.1, 0.15) is 28.8 Å². The fourth-order valence-electron chi connectivity index (χ4n) is 2.25. The number of benzene rings is 1. The van der Waals surface area contributed by atoms with Gasteiger partial charge in [-0.15, -0.1) is 0 Å². The Balaban J connectivity index is 2.06. The van der Waals surface area contributed by atoms with Gasteiger partial charge >= 0.3 is 5.97 Å². The van der Waals surface area contributed by atoms with E-state index >= 15 is 0 Å². The fourth-order valence-corrected chi connectivity index (χ4v) is 2.25. The van der Waals surface area contributed by atoms with E-state index in [-0.39, 0.29) is 17.4 Å². The van der Waals surface area contributed by atoms with Gasteiger partial charge in [-0.1, -0.05) is 0 Å². The molecule has 3 N–H and O–H groups in total. The molecule has 1 aromatic carbocycles. The molecule has 0 aliphatic carbocycles. The summed E-state index contributed by atoms with van der Waals surface area (Å²) < 4.78 is 0. The first-order valence-corrected chi connectivity index (χ1v) is 6.43. The second kappa shape index (κ2) is 5.84. The molecule has 0 saturated carbocycles. The van der Waals surface area contributed by atoms with Gasteiger partial charge in [0.1, 0.15) is 0 Å². The van der Waals surface area contributed by atoms with Crippen molar-refractivity contribution >= 4 is 17.6 Å². The zero-order valence-corrected chi connectivity index (χ0v) is 10.9. The Bertz CT molecular complexity index is 493. The quantitative estimate of drug-likeness (QED) is 0.773. The van der Waals surface area contributed by atoms with Crippen molar-refractivity contribution in [3.63, 3.8) is 0 Å². The Morgan fingerprint density at radius 2 is 2.21 bits per heavy atom. The summed E-state index contributed by atoms with van der Waals surface area (Å²) in [6.45, 7) is 3.47. The minimum Gasteiger partial charge on any atom is -0.478 e. The summed E-state index contributed by atoms with van der Waals surface area (Å²) in [6, 6.07) is 4.72. The SMILES string of the molecule is Cc1cc(C(=O)O)ccc1NC(=O)[C@@H]1CCCNC1. The van der Waals surface area contributed by atoms with Crippen LogP contribution in [0, 0.1) is 12.8 Å². The van der Waals surface area contributed by atoms with E-state index in [4.69, 9.17) is 5.11 Å². The van der Waals surface area contributed by atoms with Crippen LogP contribution in [0.5, 0.6) is 0 Å². The highest BCUT2D eigenvalue weighted by Gasteiger charge is 2.21. The van der Waals surface area contributed by atoms with E-state index in [1.165, 1.54) is 6.07 Å². The molecule has 0 radical (unpaired) electrons. The topological polar surface area (TPSA) is 78.4 Å². The lowest BCUT2D eigenvalue weighted by Gasteiger charge is -2.22. The van der Waals surface area contributed by atoms with Crippen LogP contribution in [0.25, 0.3) is 0 Å². The molecule has 2 rings (SSSR count). The number of carboxylic acid groups (broad SMARTS) is 1. The summed E-state index contributed by atoms with van der Waals surface area (Å²) in [5, 5.41) is 15.0. The smallest absolute Gasteiger partial charge is 0.335 e. The molecule has 1 amide bonds. The summed E-state index contributed by atoms with van der Waals surface area (Å²) in [5.74, 6) is -0.969. The van der Waals surface area contributed by atoms with E-state index in [0.717, 1.165) is 24.9 Å². The minimum absolute atomic E-state index is 0.00150. The van der Waals surface area contributed by atoms with Crippen LogP contribution in [0.3, 0.4) is 0 Å². The monoisotopic (exact) mass is 262 g/mol. The largest absolute Gasteiger partial charge is 0.478 e. The third kappa shape index (κ3) is 3.32. The predicted octanol–water partition coefficient (Wildman–Crippen LogP) is 1.63. The normalized spacial score (nSPS) is 18.9. The molecule has 5 nitrogen and oxygen atoms in total. The molecule has 0 unspecified atom stereocenters. The van der Waals surface area contributed by atoms with Gasteiger partial charge in [0.05, 0.1) is 11.5 Å². The molecule has 0 spiro atoms. The van der Waals surface area contributed by atoms with Crippen molar-refractivity contribution in [2.24, 2.45) is 5.92 Å². The van der Waals surface area contributed by atoms with Crippen molar-refractivity contribution in [2.75, 3.05) is 18.4 Å². The highest BCUT2D eigenvalue weighted by atomic mass is 16.4.